The van der Waals surface area contributed by atoms with E-state index in [9.17, 15) is 18.4 Å². The Bertz CT molecular complexity index is 1230. The zero-order valence-corrected chi connectivity index (χ0v) is 20.6. The number of hydrogen-bond donors (Lipinski definition) is 2. The summed E-state index contributed by atoms with van der Waals surface area (Å²) in [6, 6.07) is 20.5. The monoisotopic (exact) mass is 499 g/mol. The van der Waals surface area contributed by atoms with E-state index in [-0.39, 0.29) is 17.1 Å². The zero-order chi connectivity index (χ0) is 25.4. The quantitative estimate of drug-likeness (QED) is 0.301. The lowest BCUT2D eigenvalue weighted by Gasteiger charge is -2.25. The van der Waals surface area contributed by atoms with Gasteiger partial charge in [-0.15, -0.1) is 0 Å². The van der Waals surface area contributed by atoms with E-state index in [0.29, 0.717) is 23.7 Å². The van der Waals surface area contributed by atoms with Crippen molar-refractivity contribution >= 4 is 15.7 Å². The van der Waals surface area contributed by atoms with Crippen LogP contribution in [0, 0.1) is 0 Å². The van der Waals surface area contributed by atoms with Crippen molar-refractivity contribution in [2.45, 2.75) is 36.0 Å². The largest absolute Gasteiger partial charge is 0.493 e. The van der Waals surface area contributed by atoms with Crippen molar-refractivity contribution < 1.29 is 32.6 Å². The summed E-state index contributed by atoms with van der Waals surface area (Å²) in [4.78, 5) is 12.7. The third-order valence-corrected chi connectivity index (χ3v) is 8.05. The fourth-order valence-corrected chi connectivity index (χ4v) is 5.88. The SMILES string of the molecule is CCC(C(C(=O)NO)c1ccc(OCc2ccccc2)cc1)S(=O)(=O)c1ccc(OC)c(OC)c1. The Morgan fingerprint density at radius 2 is 1.60 bits per heavy atom. The van der Waals surface area contributed by atoms with Gasteiger partial charge in [-0.2, -0.15) is 0 Å². The topological polar surface area (TPSA) is 111 Å². The highest BCUT2D eigenvalue weighted by Crippen LogP contribution is 2.36. The van der Waals surface area contributed by atoms with Gasteiger partial charge in [0.05, 0.1) is 30.3 Å². The number of amides is 1. The minimum absolute atomic E-state index is 0.0134. The molecule has 2 N–H and O–H groups in total. The van der Waals surface area contributed by atoms with Crippen molar-refractivity contribution in [3.63, 3.8) is 0 Å². The first kappa shape index (κ1) is 26.1. The standard InChI is InChI=1S/C26H29NO7S/c1-4-24(35(30,31)21-14-15-22(32-2)23(16-21)33-3)25(26(28)27-29)19-10-12-20(13-11-19)34-17-18-8-6-5-7-9-18/h5-16,24-25,29H,4,17H2,1-3H3,(H,27,28). The Labute approximate surface area is 205 Å². The number of hydrogen-bond acceptors (Lipinski definition) is 7. The van der Waals surface area contributed by atoms with Crippen LogP contribution in [0.1, 0.15) is 30.4 Å². The van der Waals surface area contributed by atoms with Gasteiger partial charge < -0.3 is 14.2 Å². The van der Waals surface area contributed by atoms with E-state index >= 15 is 0 Å². The van der Waals surface area contributed by atoms with E-state index in [4.69, 9.17) is 14.2 Å². The average molecular weight is 500 g/mol. The third-order valence-electron chi connectivity index (χ3n) is 5.74. The molecule has 0 aliphatic rings. The highest BCUT2D eigenvalue weighted by Gasteiger charge is 2.39. The van der Waals surface area contributed by atoms with Gasteiger partial charge in [-0.05, 0) is 41.8 Å². The second kappa shape index (κ2) is 11.7. The van der Waals surface area contributed by atoms with Crippen LogP contribution in [0.3, 0.4) is 0 Å². The Balaban J connectivity index is 1.91. The van der Waals surface area contributed by atoms with Crippen molar-refractivity contribution in [2.75, 3.05) is 14.2 Å². The van der Waals surface area contributed by atoms with Crippen LogP contribution in [0.2, 0.25) is 0 Å². The minimum Gasteiger partial charge on any atom is -0.493 e. The van der Waals surface area contributed by atoms with Crippen LogP contribution in [0.4, 0.5) is 0 Å². The highest BCUT2D eigenvalue weighted by atomic mass is 32.2. The molecule has 0 saturated heterocycles. The molecule has 0 bridgehead atoms. The molecule has 0 aliphatic heterocycles. The smallest absolute Gasteiger partial charge is 0.252 e. The normalized spacial score (nSPS) is 12.9. The number of nitrogens with one attached hydrogen (secondary N) is 1. The number of sulfone groups is 1. The molecule has 0 aromatic heterocycles. The van der Waals surface area contributed by atoms with Crippen molar-refractivity contribution in [3.05, 3.63) is 83.9 Å². The summed E-state index contributed by atoms with van der Waals surface area (Å²) >= 11 is 0. The van der Waals surface area contributed by atoms with Crippen LogP contribution in [0.25, 0.3) is 0 Å². The lowest BCUT2D eigenvalue weighted by molar-refractivity contribution is -0.130. The lowest BCUT2D eigenvalue weighted by atomic mass is 9.93. The van der Waals surface area contributed by atoms with Crippen LogP contribution in [-0.4, -0.2) is 39.0 Å². The molecule has 0 radical (unpaired) electrons. The highest BCUT2D eigenvalue weighted by molar-refractivity contribution is 7.92. The van der Waals surface area contributed by atoms with E-state index in [2.05, 4.69) is 0 Å². The molecule has 8 nitrogen and oxygen atoms in total. The molecule has 35 heavy (non-hydrogen) atoms. The molecule has 0 fully saturated rings. The van der Waals surface area contributed by atoms with E-state index < -0.39 is 26.9 Å². The first-order valence-corrected chi connectivity index (χ1v) is 12.6. The van der Waals surface area contributed by atoms with E-state index in [1.165, 1.54) is 32.4 Å². The molecule has 1 amide bonds. The summed E-state index contributed by atoms with van der Waals surface area (Å²) in [6.07, 6.45) is 0.126. The van der Waals surface area contributed by atoms with Crippen LogP contribution in [0.15, 0.2) is 77.7 Å². The van der Waals surface area contributed by atoms with E-state index in [1.54, 1.807) is 36.7 Å². The van der Waals surface area contributed by atoms with Gasteiger partial charge in [0.25, 0.3) is 5.91 Å². The van der Waals surface area contributed by atoms with Crippen molar-refractivity contribution in [3.8, 4) is 17.2 Å². The lowest BCUT2D eigenvalue weighted by Crippen LogP contribution is -2.38. The summed E-state index contributed by atoms with van der Waals surface area (Å²) in [5.41, 5.74) is 3.06. The van der Waals surface area contributed by atoms with Gasteiger partial charge in [-0.1, -0.05) is 49.4 Å². The van der Waals surface area contributed by atoms with E-state index in [1.807, 2.05) is 30.3 Å². The molecule has 186 valence electrons. The number of ether oxygens (including phenoxy) is 3. The van der Waals surface area contributed by atoms with Crippen LogP contribution in [-0.2, 0) is 21.2 Å². The second-order valence-corrected chi connectivity index (χ2v) is 9.97. The first-order chi connectivity index (χ1) is 16.8. The maximum Gasteiger partial charge on any atom is 0.252 e. The molecule has 9 heteroatoms. The third kappa shape index (κ3) is 5.93. The summed E-state index contributed by atoms with van der Waals surface area (Å²) in [5.74, 6) is -0.775. The number of carbonyl (C=O) groups excluding carboxylic acids is 1. The number of hydroxylamine groups is 1. The molecular formula is C26H29NO7S. The van der Waals surface area contributed by atoms with Gasteiger partial charge in [-0.25, -0.2) is 13.9 Å². The Hall–Kier alpha value is -3.56. The molecule has 3 aromatic rings. The summed E-state index contributed by atoms with van der Waals surface area (Å²) < 4.78 is 43.4. The van der Waals surface area contributed by atoms with Crippen molar-refractivity contribution in [1.82, 2.24) is 5.48 Å². The second-order valence-electron chi connectivity index (χ2n) is 7.81. The molecular weight excluding hydrogens is 470 g/mol. The molecule has 3 rings (SSSR count). The predicted molar refractivity (Wildman–Crippen MR) is 131 cm³/mol. The van der Waals surface area contributed by atoms with Crippen molar-refractivity contribution in [2.24, 2.45) is 0 Å². The number of methoxy groups -OCH3 is 2. The summed E-state index contributed by atoms with van der Waals surface area (Å²) in [7, 11) is -1.14. The Kier molecular flexibility index (Phi) is 8.73. The Morgan fingerprint density at radius 1 is 0.943 bits per heavy atom. The molecule has 0 saturated carbocycles. The molecule has 2 atom stereocenters. The fraction of sp³-hybridized carbons (Fsp3) is 0.269. The van der Waals surface area contributed by atoms with Crippen LogP contribution < -0.4 is 19.7 Å². The van der Waals surface area contributed by atoms with Crippen LogP contribution >= 0.6 is 0 Å². The van der Waals surface area contributed by atoms with Gasteiger partial charge in [0.2, 0.25) is 0 Å². The fourth-order valence-electron chi connectivity index (χ4n) is 3.92. The van der Waals surface area contributed by atoms with Gasteiger partial charge in [0, 0.05) is 6.07 Å². The molecule has 2 unspecified atom stereocenters. The molecule has 3 aromatic carbocycles. The molecule has 0 spiro atoms. The number of carbonyl (C=O) groups is 1. The average Bonchev–Trinajstić information content (AvgIpc) is 2.90. The maximum atomic E-state index is 13.6. The van der Waals surface area contributed by atoms with Crippen LogP contribution in [0.5, 0.6) is 17.2 Å². The van der Waals surface area contributed by atoms with Gasteiger partial charge in [0.15, 0.2) is 21.3 Å². The number of rotatable bonds is 11. The summed E-state index contributed by atoms with van der Waals surface area (Å²) in [5, 5.41) is 8.26. The Morgan fingerprint density at radius 3 is 2.17 bits per heavy atom. The van der Waals surface area contributed by atoms with E-state index in [0.717, 1.165) is 5.56 Å². The van der Waals surface area contributed by atoms with Gasteiger partial charge in [-0.3, -0.25) is 10.0 Å². The zero-order valence-electron chi connectivity index (χ0n) is 19.8. The predicted octanol–water partition coefficient (Wildman–Crippen LogP) is 4.12. The number of benzene rings is 3. The first-order valence-electron chi connectivity index (χ1n) is 11.0. The summed E-state index contributed by atoms with van der Waals surface area (Å²) in [6.45, 7) is 2.05. The van der Waals surface area contributed by atoms with Gasteiger partial charge in [0.1, 0.15) is 12.4 Å². The maximum absolute atomic E-state index is 13.6. The molecule has 0 heterocycles. The minimum atomic E-state index is -4.01. The van der Waals surface area contributed by atoms with Gasteiger partial charge >= 0.3 is 0 Å². The molecule has 0 aliphatic carbocycles. The van der Waals surface area contributed by atoms with Crippen molar-refractivity contribution in [1.29, 1.82) is 0 Å².